The Kier molecular flexibility index (Phi) is 6.58. The highest BCUT2D eigenvalue weighted by Crippen LogP contribution is 2.23. The van der Waals surface area contributed by atoms with E-state index in [0.717, 1.165) is 11.1 Å². The van der Waals surface area contributed by atoms with E-state index in [9.17, 15) is 9.59 Å². The van der Waals surface area contributed by atoms with Gasteiger partial charge in [0.15, 0.2) is 0 Å². The molecule has 0 saturated carbocycles. The fourth-order valence-corrected chi connectivity index (χ4v) is 3.15. The average Bonchev–Trinajstić information content (AvgIpc) is 3.32. The van der Waals surface area contributed by atoms with Crippen LogP contribution in [0.5, 0.6) is 0 Å². The maximum absolute atomic E-state index is 12.9. The monoisotopic (exact) mass is 422 g/mol. The van der Waals surface area contributed by atoms with Crippen LogP contribution in [-0.2, 0) is 11.3 Å². The smallest absolute Gasteiger partial charge is 0.268 e. The van der Waals surface area contributed by atoms with E-state index in [1.807, 2.05) is 72.8 Å². The van der Waals surface area contributed by atoms with Crippen molar-refractivity contribution in [2.45, 2.75) is 6.54 Å². The number of nitrogens with one attached hydrogen (secondary N) is 2. The maximum Gasteiger partial charge on any atom is 0.268 e. The zero-order chi connectivity index (χ0) is 22.2. The zero-order valence-corrected chi connectivity index (χ0v) is 17.3. The second kappa shape index (κ2) is 10.1. The van der Waals surface area contributed by atoms with E-state index in [2.05, 4.69) is 10.6 Å². The van der Waals surface area contributed by atoms with Crippen LogP contribution in [0.3, 0.4) is 0 Å². The van der Waals surface area contributed by atoms with Crippen LogP contribution in [0.1, 0.15) is 21.7 Å². The fourth-order valence-electron chi connectivity index (χ4n) is 3.15. The van der Waals surface area contributed by atoms with E-state index in [0.29, 0.717) is 23.6 Å². The molecule has 2 amide bonds. The minimum absolute atomic E-state index is 0.101. The van der Waals surface area contributed by atoms with Crippen LogP contribution in [0.2, 0.25) is 0 Å². The summed E-state index contributed by atoms with van der Waals surface area (Å²) in [6.07, 6.45) is 1.54. The predicted molar refractivity (Wildman–Crippen MR) is 124 cm³/mol. The highest BCUT2D eigenvalue weighted by molar-refractivity contribution is 6.05. The van der Waals surface area contributed by atoms with E-state index in [1.165, 1.54) is 6.08 Å². The molecule has 0 aliphatic carbocycles. The molecule has 32 heavy (non-hydrogen) atoms. The zero-order valence-electron chi connectivity index (χ0n) is 17.3. The topological polar surface area (TPSA) is 71.3 Å². The van der Waals surface area contributed by atoms with Crippen LogP contribution in [0.25, 0.3) is 17.4 Å². The molecule has 1 aromatic heterocycles. The van der Waals surface area contributed by atoms with Crippen molar-refractivity contribution < 1.29 is 14.0 Å². The van der Waals surface area contributed by atoms with Gasteiger partial charge in [-0.1, -0.05) is 78.9 Å². The van der Waals surface area contributed by atoms with Crippen LogP contribution in [0.4, 0.5) is 0 Å². The quantitative estimate of drug-likeness (QED) is 0.410. The Morgan fingerprint density at radius 2 is 1.38 bits per heavy atom. The molecule has 0 fully saturated rings. The Balaban J connectivity index is 1.57. The third-order valence-corrected chi connectivity index (χ3v) is 4.80. The van der Waals surface area contributed by atoms with Gasteiger partial charge in [0.25, 0.3) is 11.8 Å². The van der Waals surface area contributed by atoms with E-state index in [1.54, 1.807) is 30.3 Å². The molecular weight excluding hydrogens is 400 g/mol. The molecular formula is C27H22N2O3. The number of hydrogen-bond donors (Lipinski definition) is 2. The van der Waals surface area contributed by atoms with Crippen molar-refractivity contribution in [3.05, 3.63) is 126 Å². The second-order valence-corrected chi connectivity index (χ2v) is 7.11. The lowest BCUT2D eigenvalue weighted by atomic mass is 10.2. The van der Waals surface area contributed by atoms with Gasteiger partial charge in [0.1, 0.15) is 17.2 Å². The second-order valence-electron chi connectivity index (χ2n) is 7.11. The minimum Gasteiger partial charge on any atom is -0.457 e. The average molecular weight is 422 g/mol. The molecule has 0 unspecified atom stereocenters. The summed E-state index contributed by atoms with van der Waals surface area (Å²) in [5.41, 5.74) is 2.44. The minimum atomic E-state index is -0.407. The summed E-state index contributed by atoms with van der Waals surface area (Å²) < 4.78 is 5.89. The van der Waals surface area contributed by atoms with Crippen LogP contribution >= 0.6 is 0 Å². The lowest BCUT2D eigenvalue weighted by molar-refractivity contribution is -0.117. The highest BCUT2D eigenvalue weighted by atomic mass is 16.3. The normalized spacial score (nSPS) is 11.1. The third kappa shape index (κ3) is 5.40. The van der Waals surface area contributed by atoms with Crippen molar-refractivity contribution in [1.29, 1.82) is 0 Å². The standard InChI is InChI=1S/C27H22N2O3/c30-26(22-14-8-3-9-15-22)29-24(27(31)28-19-20-10-4-1-5-11-20)18-23-16-17-25(32-23)21-12-6-2-7-13-21/h1-18H,19H2,(H,28,31)(H,29,30)/b24-18+. The van der Waals surface area contributed by atoms with Gasteiger partial charge < -0.3 is 15.1 Å². The van der Waals surface area contributed by atoms with Gasteiger partial charge in [0.05, 0.1) is 0 Å². The number of rotatable bonds is 7. The summed E-state index contributed by atoms with van der Waals surface area (Å²) in [5.74, 6) is 0.356. The van der Waals surface area contributed by atoms with Gasteiger partial charge in [-0.2, -0.15) is 0 Å². The Morgan fingerprint density at radius 3 is 2.06 bits per heavy atom. The van der Waals surface area contributed by atoms with E-state index in [4.69, 9.17) is 4.42 Å². The van der Waals surface area contributed by atoms with Crippen LogP contribution < -0.4 is 10.6 Å². The molecule has 1 heterocycles. The van der Waals surface area contributed by atoms with Crippen LogP contribution in [0, 0.1) is 0 Å². The number of amides is 2. The maximum atomic E-state index is 12.9. The number of furan rings is 1. The summed E-state index contributed by atoms with van der Waals surface area (Å²) in [7, 11) is 0. The molecule has 0 atom stereocenters. The first kappa shape index (κ1) is 20.9. The van der Waals surface area contributed by atoms with Gasteiger partial charge in [-0.15, -0.1) is 0 Å². The van der Waals surface area contributed by atoms with Gasteiger partial charge in [-0.05, 0) is 29.8 Å². The van der Waals surface area contributed by atoms with E-state index < -0.39 is 5.91 Å². The third-order valence-electron chi connectivity index (χ3n) is 4.80. The number of carbonyl (C=O) groups is 2. The molecule has 4 rings (SSSR count). The fraction of sp³-hybridized carbons (Fsp3) is 0.0370. The molecule has 0 aliphatic heterocycles. The molecule has 0 spiro atoms. The van der Waals surface area contributed by atoms with Gasteiger partial charge in [-0.25, -0.2) is 0 Å². The Labute approximate surface area is 186 Å². The van der Waals surface area contributed by atoms with Crippen molar-refractivity contribution >= 4 is 17.9 Å². The Morgan fingerprint density at radius 1 is 0.750 bits per heavy atom. The molecule has 5 heteroatoms. The first-order chi connectivity index (χ1) is 15.7. The molecule has 0 aliphatic rings. The lowest BCUT2D eigenvalue weighted by Gasteiger charge is -2.11. The van der Waals surface area contributed by atoms with Gasteiger partial charge in [0.2, 0.25) is 0 Å². The Hall–Kier alpha value is -4.38. The molecule has 0 saturated heterocycles. The molecule has 0 radical (unpaired) electrons. The molecule has 158 valence electrons. The predicted octanol–water partition coefficient (Wildman–Crippen LogP) is 5.03. The molecule has 2 N–H and O–H groups in total. The van der Waals surface area contributed by atoms with Crippen LogP contribution in [0.15, 0.2) is 113 Å². The summed E-state index contributed by atoms with van der Waals surface area (Å²) in [6.45, 7) is 0.339. The van der Waals surface area contributed by atoms with Gasteiger partial charge >= 0.3 is 0 Å². The largest absolute Gasteiger partial charge is 0.457 e. The van der Waals surface area contributed by atoms with Crippen molar-refractivity contribution in [3.63, 3.8) is 0 Å². The first-order valence-corrected chi connectivity index (χ1v) is 10.2. The summed E-state index contributed by atoms with van der Waals surface area (Å²) in [4.78, 5) is 25.6. The van der Waals surface area contributed by atoms with Gasteiger partial charge in [0, 0.05) is 23.7 Å². The van der Waals surface area contributed by atoms with Crippen molar-refractivity contribution in [1.82, 2.24) is 10.6 Å². The van der Waals surface area contributed by atoms with E-state index in [-0.39, 0.29) is 11.6 Å². The van der Waals surface area contributed by atoms with Crippen molar-refractivity contribution in [2.24, 2.45) is 0 Å². The van der Waals surface area contributed by atoms with Gasteiger partial charge in [-0.3, -0.25) is 9.59 Å². The molecule has 3 aromatic carbocycles. The molecule has 5 nitrogen and oxygen atoms in total. The summed E-state index contributed by atoms with van der Waals surface area (Å²) >= 11 is 0. The van der Waals surface area contributed by atoms with E-state index >= 15 is 0 Å². The SMILES string of the molecule is O=C(NCc1ccccc1)/C(=C\c1ccc(-c2ccccc2)o1)NC(=O)c1ccccc1. The number of hydrogen-bond acceptors (Lipinski definition) is 3. The summed E-state index contributed by atoms with van der Waals surface area (Å²) in [5, 5.41) is 5.57. The number of benzene rings is 3. The first-order valence-electron chi connectivity index (χ1n) is 10.2. The summed E-state index contributed by atoms with van der Waals surface area (Å²) in [6, 6.07) is 31.6. The highest BCUT2D eigenvalue weighted by Gasteiger charge is 2.15. The van der Waals surface area contributed by atoms with Crippen molar-refractivity contribution in [2.75, 3.05) is 0 Å². The molecule has 4 aromatic rings. The molecule has 0 bridgehead atoms. The van der Waals surface area contributed by atoms with Crippen molar-refractivity contribution in [3.8, 4) is 11.3 Å². The van der Waals surface area contributed by atoms with Crippen LogP contribution in [-0.4, -0.2) is 11.8 Å². The Bertz CT molecular complexity index is 1210. The lowest BCUT2D eigenvalue weighted by Crippen LogP contribution is -2.34. The number of carbonyl (C=O) groups excluding carboxylic acids is 2.